The van der Waals surface area contributed by atoms with Crippen LogP contribution in [0.5, 0.6) is 0 Å². The topological polar surface area (TPSA) is 70.9 Å². The van der Waals surface area contributed by atoms with Gasteiger partial charge in [0.05, 0.1) is 23.7 Å². The molecule has 0 aliphatic rings. The van der Waals surface area contributed by atoms with Crippen molar-refractivity contribution in [3.05, 3.63) is 52.6 Å². The van der Waals surface area contributed by atoms with Gasteiger partial charge in [-0.05, 0) is 29.7 Å². The van der Waals surface area contributed by atoms with Crippen LogP contribution in [0.15, 0.2) is 41.3 Å². The Kier molecular flexibility index (Phi) is 4.62. The van der Waals surface area contributed by atoms with Crippen molar-refractivity contribution >= 4 is 11.2 Å². The van der Waals surface area contributed by atoms with E-state index in [0.29, 0.717) is 22.3 Å². The summed E-state index contributed by atoms with van der Waals surface area (Å²) in [6.45, 7) is 3.73. The summed E-state index contributed by atoms with van der Waals surface area (Å²) in [5.74, 6) is -0.0496. The molecule has 26 heavy (non-hydrogen) atoms. The second-order valence-corrected chi connectivity index (χ2v) is 6.52. The van der Waals surface area contributed by atoms with Gasteiger partial charge in [-0.25, -0.2) is 9.78 Å². The third-order valence-electron chi connectivity index (χ3n) is 4.29. The number of pyridine rings is 1. The fraction of sp³-hybridized carbons (Fsp3) is 0.333. The normalized spacial score (nSPS) is 13.5. The van der Waals surface area contributed by atoms with Gasteiger partial charge in [-0.1, -0.05) is 26.0 Å². The van der Waals surface area contributed by atoms with Gasteiger partial charge in [0, 0.05) is 11.8 Å². The molecule has 0 aliphatic heterocycles. The molecule has 5 nitrogen and oxygen atoms in total. The van der Waals surface area contributed by atoms with Crippen LogP contribution in [0.25, 0.3) is 22.3 Å². The average Bonchev–Trinajstić information content (AvgIpc) is 2.89. The lowest BCUT2D eigenvalue weighted by Gasteiger charge is -2.15. The van der Waals surface area contributed by atoms with Gasteiger partial charge in [-0.15, -0.1) is 0 Å². The summed E-state index contributed by atoms with van der Waals surface area (Å²) in [4.78, 5) is 18.9. The van der Waals surface area contributed by atoms with Gasteiger partial charge < -0.3 is 5.11 Å². The Labute approximate surface area is 147 Å². The van der Waals surface area contributed by atoms with E-state index in [1.165, 1.54) is 16.8 Å². The highest BCUT2D eigenvalue weighted by molar-refractivity contribution is 5.78. The molecule has 0 bridgehead atoms. The number of H-pyrrole nitrogens is 1. The highest BCUT2D eigenvalue weighted by Gasteiger charge is 2.30. The van der Waals surface area contributed by atoms with Crippen molar-refractivity contribution in [3.63, 3.8) is 0 Å². The number of nitrogens with zero attached hydrogens (tertiary/aromatic N) is 2. The smallest absolute Gasteiger partial charge is 0.391 e. The minimum atomic E-state index is -4.44. The summed E-state index contributed by atoms with van der Waals surface area (Å²) in [5.41, 5.74) is 0.380. The molecule has 2 aromatic heterocycles. The van der Waals surface area contributed by atoms with E-state index in [-0.39, 0.29) is 12.5 Å². The minimum Gasteiger partial charge on any atom is -0.391 e. The first-order chi connectivity index (χ1) is 12.2. The molecule has 1 atom stereocenters. The third kappa shape index (κ3) is 3.50. The van der Waals surface area contributed by atoms with Gasteiger partial charge in [0.2, 0.25) is 0 Å². The Morgan fingerprint density at radius 1 is 1.23 bits per heavy atom. The zero-order valence-corrected chi connectivity index (χ0v) is 14.2. The standard InChI is InChI=1S/C18H18F3N3O2/c1-10(2)15(25)9-24-14-7-12(8-22-16(14)23-17(24)26)11-4-3-5-13(6-11)18(19,20)21/h3-8,10,15,25H,9H2,1-2H3,(H,22,23,26). The van der Waals surface area contributed by atoms with Crippen molar-refractivity contribution < 1.29 is 18.3 Å². The molecule has 0 saturated carbocycles. The van der Waals surface area contributed by atoms with E-state index in [1.807, 2.05) is 13.8 Å². The van der Waals surface area contributed by atoms with Gasteiger partial charge in [-0.3, -0.25) is 9.55 Å². The summed E-state index contributed by atoms with van der Waals surface area (Å²) in [6.07, 6.45) is -3.76. The molecule has 0 saturated heterocycles. The number of aliphatic hydroxyl groups excluding tert-OH is 1. The number of alkyl halides is 3. The van der Waals surface area contributed by atoms with Crippen molar-refractivity contribution in [1.82, 2.24) is 14.5 Å². The Hall–Kier alpha value is -2.61. The van der Waals surface area contributed by atoms with Crippen LogP contribution in [-0.2, 0) is 12.7 Å². The molecule has 1 aromatic carbocycles. The second kappa shape index (κ2) is 6.60. The van der Waals surface area contributed by atoms with Crippen LogP contribution < -0.4 is 5.69 Å². The first-order valence-electron chi connectivity index (χ1n) is 8.11. The van der Waals surface area contributed by atoms with Crippen LogP contribution in [0.4, 0.5) is 13.2 Å². The average molecular weight is 365 g/mol. The fourth-order valence-electron chi connectivity index (χ4n) is 2.65. The monoisotopic (exact) mass is 365 g/mol. The van der Waals surface area contributed by atoms with Crippen molar-refractivity contribution in [2.45, 2.75) is 32.7 Å². The number of aromatic amines is 1. The number of aromatic nitrogens is 3. The summed E-state index contributed by atoms with van der Waals surface area (Å²) in [5, 5.41) is 10.1. The van der Waals surface area contributed by atoms with E-state index >= 15 is 0 Å². The number of fused-ring (bicyclic) bond motifs is 1. The summed E-state index contributed by atoms with van der Waals surface area (Å²) < 4.78 is 40.1. The second-order valence-electron chi connectivity index (χ2n) is 6.52. The Balaban J connectivity index is 2.08. The van der Waals surface area contributed by atoms with Crippen LogP contribution in [0.3, 0.4) is 0 Å². The van der Waals surface area contributed by atoms with Crippen molar-refractivity contribution in [3.8, 4) is 11.1 Å². The van der Waals surface area contributed by atoms with E-state index in [4.69, 9.17) is 0 Å². The number of halogens is 3. The van der Waals surface area contributed by atoms with Crippen LogP contribution in [0.1, 0.15) is 19.4 Å². The maximum absolute atomic E-state index is 12.9. The Morgan fingerprint density at radius 2 is 1.96 bits per heavy atom. The third-order valence-corrected chi connectivity index (χ3v) is 4.29. The molecule has 0 aliphatic carbocycles. The van der Waals surface area contributed by atoms with E-state index < -0.39 is 23.5 Å². The Morgan fingerprint density at radius 3 is 2.62 bits per heavy atom. The predicted octanol–water partition coefficient (Wildman–Crippen LogP) is 3.43. The number of nitrogens with one attached hydrogen (secondary N) is 1. The van der Waals surface area contributed by atoms with Gasteiger partial charge >= 0.3 is 11.9 Å². The first kappa shape index (κ1) is 18.2. The molecule has 0 radical (unpaired) electrons. The maximum atomic E-state index is 12.9. The van der Waals surface area contributed by atoms with E-state index in [1.54, 1.807) is 12.1 Å². The van der Waals surface area contributed by atoms with Gasteiger partial charge in [-0.2, -0.15) is 13.2 Å². The molecule has 2 heterocycles. The highest BCUT2D eigenvalue weighted by Crippen LogP contribution is 2.32. The molecule has 0 amide bonds. The van der Waals surface area contributed by atoms with Crippen LogP contribution >= 0.6 is 0 Å². The molecule has 8 heteroatoms. The molecule has 1 unspecified atom stereocenters. The summed E-state index contributed by atoms with van der Waals surface area (Å²) in [7, 11) is 0. The maximum Gasteiger partial charge on any atom is 0.416 e. The number of hydrogen-bond acceptors (Lipinski definition) is 3. The SMILES string of the molecule is CC(C)C(O)Cn1c(=O)[nH]c2ncc(-c3cccc(C(F)(F)F)c3)cc21. The summed E-state index contributed by atoms with van der Waals surface area (Å²) >= 11 is 0. The highest BCUT2D eigenvalue weighted by atomic mass is 19.4. The van der Waals surface area contributed by atoms with Crippen molar-refractivity contribution in [2.24, 2.45) is 5.92 Å². The van der Waals surface area contributed by atoms with E-state index in [0.717, 1.165) is 12.1 Å². The molecule has 3 rings (SSSR count). The lowest BCUT2D eigenvalue weighted by atomic mass is 10.0. The predicted molar refractivity (Wildman–Crippen MR) is 91.6 cm³/mol. The zero-order chi connectivity index (χ0) is 19.1. The lowest BCUT2D eigenvalue weighted by molar-refractivity contribution is -0.137. The molecular formula is C18H18F3N3O2. The largest absolute Gasteiger partial charge is 0.416 e. The van der Waals surface area contributed by atoms with Gasteiger partial charge in [0.1, 0.15) is 0 Å². The Bertz CT molecular complexity index is 989. The molecular weight excluding hydrogens is 347 g/mol. The summed E-state index contributed by atoms with van der Waals surface area (Å²) in [6, 6.07) is 6.52. The van der Waals surface area contributed by atoms with Crippen molar-refractivity contribution in [1.29, 1.82) is 0 Å². The number of aliphatic hydroxyl groups is 1. The van der Waals surface area contributed by atoms with E-state index in [9.17, 15) is 23.1 Å². The van der Waals surface area contributed by atoms with Crippen LogP contribution in [0, 0.1) is 5.92 Å². The number of rotatable bonds is 4. The number of benzene rings is 1. The van der Waals surface area contributed by atoms with Crippen LogP contribution in [-0.4, -0.2) is 25.7 Å². The fourth-order valence-corrected chi connectivity index (χ4v) is 2.65. The van der Waals surface area contributed by atoms with Crippen LogP contribution in [0.2, 0.25) is 0 Å². The number of hydrogen-bond donors (Lipinski definition) is 2. The molecule has 0 fully saturated rings. The van der Waals surface area contributed by atoms with Gasteiger partial charge in [0.25, 0.3) is 0 Å². The molecule has 0 spiro atoms. The van der Waals surface area contributed by atoms with Gasteiger partial charge in [0.15, 0.2) is 5.65 Å². The quantitative estimate of drug-likeness (QED) is 0.744. The molecule has 3 aromatic rings. The molecule has 2 N–H and O–H groups in total. The first-order valence-corrected chi connectivity index (χ1v) is 8.11. The lowest BCUT2D eigenvalue weighted by Crippen LogP contribution is -2.27. The zero-order valence-electron chi connectivity index (χ0n) is 14.2. The van der Waals surface area contributed by atoms with Crippen molar-refractivity contribution in [2.75, 3.05) is 0 Å². The van der Waals surface area contributed by atoms with E-state index in [2.05, 4.69) is 9.97 Å². The minimum absolute atomic E-state index is 0.0496. The molecule has 138 valence electrons. The number of imidazole rings is 1.